The molecule has 3 nitrogen and oxygen atoms in total. The van der Waals surface area contributed by atoms with Crippen molar-refractivity contribution in [2.24, 2.45) is 11.8 Å². The molecule has 0 heterocycles. The first kappa shape index (κ1) is 16.8. The number of Topliss-reactive ketones (excluding diaryl/α,β-unsaturated/α-hetero) is 1. The number of hydrogen-bond donors (Lipinski definition) is 0. The lowest BCUT2D eigenvalue weighted by atomic mass is 9.92. The zero-order chi connectivity index (χ0) is 15.1. The molecule has 4 heteroatoms. The third kappa shape index (κ3) is 5.00. The first-order valence-electron chi connectivity index (χ1n) is 6.84. The topological polar surface area (TPSA) is 43.4 Å². The number of thioether (sulfide) groups is 1. The molecule has 0 aromatic heterocycles. The number of benzene rings is 1. The van der Waals surface area contributed by atoms with E-state index in [2.05, 4.69) is 0 Å². The monoisotopic (exact) mass is 294 g/mol. The summed E-state index contributed by atoms with van der Waals surface area (Å²) in [6.07, 6.45) is 0. The van der Waals surface area contributed by atoms with E-state index in [1.807, 2.05) is 45.0 Å². The van der Waals surface area contributed by atoms with Gasteiger partial charge < -0.3 is 4.74 Å². The molecule has 20 heavy (non-hydrogen) atoms. The molecule has 0 saturated carbocycles. The maximum absolute atomic E-state index is 12.2. The second-order valence-electron chi connectivity index (χ2n) is 5.04. The second-order valence-corrected chi connectivity index (χ2v) is 6.09. The largest absolute Gasteiger partial charge is 0.465 e. The minimum atomic E-state index is -0.659. The first-order chi connectivity index (χ1) is 9.45. The predicted molar refractivity (Wildman–Crippen MR) is 81.9 cm³/mol. The Kier molecular flexibility index (Phi) is 6.79. The van der Waals surface area contributed by atoms with Crippen molar-refractivity contribution < 1.29 is 14.3 Å². The van der Waals surface area contributed by atoms with Crippen molar-refractivity contribution in [3.05, 3.63) is 29.8 Å². The maximum atomic E-state index is 12.2. The van der Waals surface area contributed by atoms with Crippen LogP contribution in [-0.4, -0.2) is 24.1 Å². The summed E-state index contributed by atoms with van der Waals surface area (Å²) in [5.41, 5.74) is 1.19. The van der Waals surface area contributed by atoms with Gasteiger partial charge in [0.1, 0.15) is 5.92 Å². The Morgan fingerprint density at radius 3 is 2.30 bits per heavy atom. The summed E-state index contributed by atoms with van der Waals surface area (Å²) in [6.45, 7) is 7.82. The van der Waals surface area contributed by atoms with Crippen LogP contribution in [0.1, 0.15) is 26.3 Å². The molecule has 1 unspecified atom stereocenters. The summed E-state index contributed by atoms with van der Waals surface area (Å²) in [4.78, 5) is 25.1. The molecule has 0 saturated heterocycles. The molecule has 0 amide bonds. The van der Waals surface area contributed by atoms with Crippen LogP contribution in [0.3, 0.4) is 0 Å². The van der Waals surface area contributed by atoms with Crippen LogP contribution in [0, 0.1) is 18.8 Å². The summed E-state index contributed by atoms with van der Waals surface area (Å²) >= 11 is 1.46. The molecule has 0 fully saturated rings. The van der Waals surface area contributed by atoms with E-state index in [4.69, 9.17) is 4.74 Å². The Labute approximate surface area is 125 Å². The molecule has 0 spiro atoms. The van der Waals surface area contributed by atoms with E-state index in [9.17, 15) is 9.59 Å². The normalized spacial score (nSPS) is 12.2. The molecule has 0 aliphatic rings. The number of aryl methyl sites for hydroxylation is 1. The van der Waals surface area contributed by atoms with E-state index in [1.165, 1.54) is 17.3 Å². The molecule has 1 aromatic rings. The van der Waals surface area contributed by atoms with Gasteiger partial charge in [0.05, 0.1) is 12.4 Å². The summed E-state index contributed by atoms with van der Waals surface area (Å²) in [5.74, 6) is -0.876. The number of rotatable bonds is 7. The van der Waals surface area contributed by atoms with Crippen molar-refractivity contribution in [3.8, 4) is 0 Å². The van der Waals surface area contributed by atoms with Crippen LogP contribution in [-0.2, 0) is 14.3 Å². The van der Waals surface area contributed by atoms with Crippen molar-refractivity contribution >= 4 is 23.5 Å². The molecule has 0 N–H and O–H groups in total. The summed E-state index contributed by atoms with van der Waals surface area (Å²) in [7, 11) is 0. The molecule has 0 aliphatic heterocycles. The van der Waals surface area contributed by atoms with Gasteiger partial charge in [-0.2, -0.15) is 0 Å². The fraction of sp³-hybridized carbons (Fsp3) is 0.500. The SMILES string of the molecule is CCOC(=O)C(C(=O)CSc1ccc(C)cc1)C(C)C. The van der Waals surface area contributed by atoms with E-state index in [1.54, 1.807) is 6.92 Å². The Morgan fingerprint density at radius 2 is 1.80 bits per heavy atom. The Bertz CT molecular complexity index is 451. The average molecular weight is 294 g/mol. The number of carbonyl (C=O) groups is 2. The third-order valence-corrected chi connectivity index (χ3v) is 3.99. The van der Waals surface area contributed by atoms with E-state index in [0.717, 1.165) is 4.90 Å². The molecule has 110 valence electrons. The highest BCUT2D eigenvalue weighted by atomic mass is 32.2. The van der Waals surface area contributed by atoms with Gasteiger partial charge in [0, 0.05) is 4.90 Å². The van der Waals surface area contributed by atoms with Crippen molar-refractivity contribution in [2.75, 3.05) is 12.4 Å². The highest BCUT2D eigenvalue weighted by Crippen LogP contribution is 2.22. The fourth-order valence-electron chi connectivity index (χ4n) is 1.89. The van der Waals surface area contributed by atoms with Gasteiger partial charge in [0.25, 0.3) is 0 Å². The Hall–Kier alpha value is -1.29. The van der Waals surface area contributed by atoms with Crippen LogP contribution >= 0.6 is 11.8 Å². The molecule has 1 rings (SSSR count). The molecule has 0 radical (unpaired) electrons. The zero-order valence-corrected chi connectivity index (χ0v) is 13.3. The third-order valence-electron chi connectivity index (χ3n) is 2.96. The van der Waals surface area contributed by atoms with Gasteiger partial charge in [-0.3, -0.25) is 9.59 Å². The smallest absolute Gasteiger partial charge is 0.316 e. The maximum Gasteiger partial charge on any atom is 0.316 e. The van der Waals surface area contributed by atoms with Crippen LogP contribution in [0.25, 0.3) is 0 Å². The lowest BCUT2D eigenvalue weighted by Crippen LogP contribution is -2.31. The van der Waals surface area contributed by atoms with Gasteiger partial charge >= 0.3 is 5.97 Å². The quantitative estimate of drug-likeness (QED) is 0.438. The van der Waals surface area contributed by atoms with Gasteiger partial charge in [-0.25, -0.2) is 0 Å². The van der Waals surface area contributed by atoms with Crippen LogP contribution < -0.4 is 0 Å². The number of esters is 1. The fourth-order valence-corrected chi connectivity index (χ4v) is 2.70. The molecule has 1 atom stereocenters. The molecule has 1 aromatic carbocycles. The summed E-state index contributed by atoms with van der Waals surface area (Å²) in [5, 5.41) is 0. The molecule has 0 aliphatic carbocycles. The zero-order valence-electron chi connectivity index (χ0n) is 12.5. The lowest BCUT2D eigenvalue weighted by Gasteiger charge is -2.17. The minimum Gasteiger partial charge on any atom is -0.465 e. The first-order valence-corrected chi connectivity index (χ1v) is 7.83. The van der Waals surface area contributed by atoms with E-state index in [0.29, 0.717) is 12.4 Å². The predicted octanol–water partition coefficient (Wildman–Crippen LogP) is 3.49. The van der Waals surface area contributed by atoms with Gasteiger partial charge in [0.15, 0.2) is 5.78 Å². The number of hydrogen-bond acceptors (Lipinski definition) is 4. The van der Waals surface area contributed by atoms with Crippen molar-refractivity contribution in [3.63, 3.8) is 0 Å². The van der Waals surface area contributed by atoms with Gasteiger partial charge in [-0.15, -0.1) is 11.8 Å². The van der Waals surface area contributed by atoms with Crippen molar-refractivity contribution in [1.29, 1.82) is 0 Å². The highest BCUT2D eigenvalue weighted by molar-refractivity contribution is 8.00. The number of carbonyl (C=O) groups excluding carboxylic acids is 2. The van der Waals surface area contributed by atoms with Gasteiger partial charge in [-0.1, -0.05) is 31.5 Å². The molecular formula is C16H22O3S. The van der Waals surface area contributed by atoms with Crippen LogP contribution in [0.2, 0.25) is 0 Å². The van der Waals surface area contributed by atoms with Crippen LogP contribution in [0.4, 0.5) is 0 Å². The van der Waals surface area contributed by atoms with E-state index in [-0.39, 0.29) is 11.7 Å². The van der Waals surface area contributed by atoms with E-state index >= 15 is 0 Å². The molecular weight excluding hydrogens is 272 g/mol. The lowest BCUT2D eigenvalue weighted by molar-refractivity contribution is -0.152. The Balaban J connectivity index is 2.62. The van der Waals surface area contributed by atoms with E-state index < -0.39 is 11.9 Å². The van der Waals surface area contributed by atoms with Crippen molar-refractivity contribution in [2.45, 2.75) is 32.6 Å². The van der Waals surface area contributed by atoms with Gasteiger partial charge in [-0.05, 0) is 31.9 Å². The standard InChI is InChI=1S/C16H22O3S/c1-5-19-16(18)15(11(2)3)14(17)10-20-13-8-6-12(4)7-9-13/h6-9,11,15H,5,10H2,1-4H3. The molecule has 0 bridgehead atoms. The average Bonchev–Trinajstić information content (AvgIpc) is 2.38. The highest BCUT2D eigenvalue weighted by Gasteiger charge is 2.30. The second kappa shape index (κ2) is 8.10. The Morgan fingerprint density at radius 1 is 1.20 bits per heavy atom. The van der Waals surface area contributed by atoms with Crippen LogP contribution in [0.15, 0.2) is 29.2 Å². The summed E-state index contributed by atoms with van der Waals surface area (Å²) in [6, 6.07) is 8.00. The van der Waals surface area contributed by atoms with Crippen LogP contribution in [0.5, 0.6) is 0 Å². The van der Waals surface area contributed by atoms with Crippen molar-refractivity contribution in [1.82, 2.24) is 0 Å². The summed E-state index contributed by atoms with van der Waals surface area (Å²) < 4.78 is 4.99. The number of ether oxygens (including phenoxy) is 1. The minimum absolute atomic E-state index is 0.0415. The number of ketones is 1. The van der Waals surface area contributed by atoms with Gasteiger partial charge in [0.2, 0.25) is 0 Å².